The summed E-state index contributed by atoms with van der Waals surface area (Å²) >= 11 is 0. The highest BCUT2D eigenvalue weighted by Crippen LogP contribution is 2.07. The molecule has 6 nitrogen and oxygen atoms in total. The number of hydrogen-bond donors (Lipinski definition) is 1. The Morgan fingerprint density at radius 3 is 2.35 bits per heavy atom. The Morgan fingerprint density at radius 2 is 1.80 bits per heavy atom. The molecule has 2 rings (SSSR count). The van der Waals surface area contributed by atoms with Crippen LogP contribution in [0.1, 0.15) is 5.69 Å². The van der Waals surface area contributed by atoms with Crippen molar-refractivity contribution in [3.63, 3.8) is 0 Å². The average molecular weight is 278 g/mol. The van der Waals surface area contributed by atoms with Crippen molar-refractivity contribution < 1.29 is 0 Å². The molecule has 0 saturated carbocycles. The maximum atomic E-state index is 4.44. The Kier molecular flexibility index (Phi) is 5.70. The van der Waals surface area contributed by atoms with Crippen LogP contribution in [0.3, 0.4) is 0 Å². The van der Waals surface area contributed by atoms with Crippen molar-refractivity contribution in [3.8, 4) is 0 Å². The first-order valence-corrected chi connectivity index (χ1v) is 7.25. The van der Waals surface area contributed by atoms with Crippen molar-refractivity contribution in [3.05, 3.63) is 18.1 Å². The van der Waals surface area contributed by atoms with Crippen LogP contribution in [-0.2, 0) is 6.54 Å². The Morgan fingerprint density at radius 1 is 1.10 bits per heavy atom. The molecule has 0 unspecified atom stereocenters. The summed E-state index contributed by atoms with van der Waals surface area (Å²) in [4.78, 5) is 16.0. The van der Waals surface area contributed by atoms with E-state index in [0.717, 1.165) is 57.3 Å². The molecule has 1 N–H and O–H groups in total. The third kappa shape index (κ3) is 4.70. The van der Waals surface area contributed by atoms with Crippen molar-refractivity contribution >= 4 is 5.82 Å². The summed E-state index contributed by atoms with van der Waals surface area (Å²) in [5.74, 6) is 0.822. The molecule has 0 amide bonds. The van der Waals surface area contributed by atoms with Gasteiger partial charge in [0.2, 0.25) is 0 Å². The summed E-state index contributed by atoms with van der Waals surface area (Å²) < 4.78 is 0. The number of rotatable bonds is 6. The number of aromatic nitrogens is 2. The molecule has 0 aliphatic carbocycles. The number of nitrogens with one attached hydrogen (secondary N) is 1. The van der Waals surface area contributed by atoms with Crippen LogP contribution in [0.15, 0.2) is 12.4 Å². The molecular formula is C14H26N6. The van der Waals surface area contributed by atoms with Crippen LogP contribution in [0, 0.1) is 0 Å². The SMILES string of the molecule is CNc1cnc(CN2CCN(CCN(C)C)CC2)cn1. The number of likely N-dealkylation sites (N-methyl/N-ethyl adjacent to an activating group) is 1. The van der Waals surface area contributed by atoms with Crippen LogP contribution in [-0.4, -0.2) is 85.1 Å². The molecule has 1 aromatic rings. The highest BCUT2D eigenvalue weighted by molar-refractivity contribution is 5.29. The smallest absolute Gasteiger partial charge is 0.144 e. The molecule has 1 aliphatic rings. The predicted octanol–water partition coefficient (Wildman–Crippen LogP) is 0.198. The second-order valence-electron chi connectivity index (χ2n) is 5.56. The van der Waals surface area contributed by atoms with Crippen molar-refractivity contribution in [1.82, 2.24) is 24.7 Å². The normalized spacial score (nSPS) is 17.6. The van der Waals surface area contributed by atoms with Gasteiger partial charge in [0.15, 0.2) is 0 Å². The molecule has 6 heteroatoms. The molecule has 1 aliphatic heterocycles. The van der Waals surface area contributed by atoms with Gasteiger partial charge in [0.25, 0.3) is 0 Å². The van der Waals surface area contributed by atoms with Crippen LogP contribution in [0.4, 0.5) is 5.82 Å². The summed E-state index contributed by atoms with van der Waals surface area (Å²) in [5, 5.41) is 2.99. The fraction of sp³-hybridized carbons (Fsp3) is 0.714. The Balaban J connectivity index is 1.73. The van der Waals surface area contributed by atoms with E-state index in [-0.39, 0.29) is 0 Å². The van der Waals surface area contributed by atoms with Gasteiger partial charge in [-0.2, -0.15) is 0 Å². The van der Waals surface area contributed by atoms with E-state index in [4.69, 9.17) is 0 Å². The first-order chi connectivity index (χ1) is 9.67. The predicted molar refractivity (Wildman–Crippen MR) is 81.8 cm³/mol. The Labute approximate surface area is 121 Å². The zero-order valence-electron chi connectivity index (χ0n) is 12.8. The number of hydrogen-bond acceptors (Lipinski definition) is 6. The zero-order valence-corrected chi connectivity index (χ0v) is 12.8. The summed E-state index contributed by atoms with van der Waals surface area (Å²) in [5.41, 5.74) is 1.05. The van der Waals surface area contributed by atoms with E-state index in [1.54, 1.807) is 6.20 Å². The van der Waals surface area contributed by atoms with Crippen LogP contribution >= 0.6 is 0 Å². The number of anilines is 1. The van der Waals surface area contributed by atoms with Gasteiger partial charge >= 0.3 is 0 Å². The van der Waals surface area contributed by atoms with Crippen molar-refractivity contribution in [2.45, 2.75) is 6.54 Å². The lowest BCUT2D eigenvalue weighted by atomic mass is 10.3. The zero-order chi connectivity index (χ0) is 14.4. The van der Waals surface area contributed by atoms with Crippen molar-refractivity contribution in [2.24, 2.45) is 0 Å². The number of piperazine rings is 1. The fourth-order valence-corrected chi connectivity index (χ4v) is 2.31. The maximum absolute atomic E-state index is 4.44. The quantitative estimate of drug-likeness (QED) is 0.802. The average Bonchev–Trinajstić information content (AvgIpc) is 2.47. The minimum atomic E-state index is 0.822. The third-order valence-electron chi connectivity index (χ3n) is 3.68. The van der Waals surface area contributed by atoms with Crippen LogP contribution < -0.4 is 5.32 Å². The summed E-state index contributed by atoms with van der Waals surface area (Å²) in [7, 11) is 6.12. The van der Waals surface area contributed by atoms with Crippen molar-refractivity contribution in [1.29, 1.82) is 0 Å². The van der Waals surface area contributed by atoms with Gasteiger partial charge < -0.3 is 10.2 Å². The highest BCUT2D eigenvalue weighted by Gasteiger charge is 2.17. The van der Waals surface area contributed by atoms with Gasteiger partial charge in [0.1, 0.15) is 5.82 Å². The lowest BCUT2D eigenvalue weighted by molar-refractivity contribution is 0.119. The molecule has 0 aromatic carbocycles. The van der Waals surface area contributed by atoms with Gasteiger partial charge in [0, 0.05) is 52.9 Å². The van der Waals surface area contributed by atoms with E-state index in [9.17, 15) is 0 Å². The minimum absolute atomic E-state index is 0.822. The van der Waals surface area contributed by atoms with E-state index < -0.39 is 0 Å². The molecule has 0 bridgehead atoms. The van der Waals surface area contributed by atoms with Crippen LogP contribution in [0.2, 0.25) is 0 Å². The molecule has 2 heterocycles. The molecule has 1 saturated heterocycles. The second kappa shape index (κ2) is 7.52. The lowest BCUT2D eigenvalue weighted by Crippen LogP contribution is -2.47. The summed E-state index contributed by atoms with van der Waals surface area (Å²) in [6.45, 7) is 7.73. The largest absolute Gasteiger partial charge is 0.372 e. The van der Waals surface area contributed by atoms with Gasteiger partial charge in [-0.25, -0.2) is 4.98 Å². The Bertz CT molecular complexity index is 383. The van der Waals surface area contributed by atoms with Gasteiger partial charge in [-0.3, -0.25) is 14.8 Å². The van der Waals surface area contributed by atoms with Gasteiger partial charge in [-0.1, -0.05) is 0 Å². The van der Waals surface area contributed by atoms with Gasteiger partial charge in [-0.05, 0) is 14.1 Å². The summed E-state index contributed by atoms with van der Waals surface area (Å²) in [6, 6.07) is 0. The molecule has 1 aromatic heterocycles. The van der Waals surface area contributed by atoms with Crippen LogP contribution in [0.5, 0.6) is 0 Å². The van der Waals surface area contributed by atoms with E-state index in [0.29, 0.717) is 0 Å². The lowest BCUT2D eigenvalue weighted by Gasteiger charge is -2.34. The standard InChI is InChI=1S/C14H26N6/c1-15-14-11-16-13(10-17-14)12-20-8-6-19(7-9-20)5-4-18(2)3/h10-11H,4-9,12H2,1-3H3,(H,15,17). The van der Waals surface area contributed by atoms with E-state index >= 15 is 0 Å². The minimum Gasteiger partial charge on any atom is -0.372 e. The van der Waals surface area contributed by atoms with E-state index in [1.807, 2.05) is 13.2 Å². The molecule has 112 valence electrons. The Hall–Kier alpha value is -1.24. The highest BCUT2D eigenvalue weighted by atomic mass is 15.3. The number of nitrogens with zero attached hydrogens (tertiary/aromatic N) is 5. The second-order valence-corrected chi connectivity index (χ2v) is 5.56. The van der Waals surface area contributed by atoms with E-state index in [1.165, 1.54) is 0 Å². The first kappa shape index (κ1) is 15.2. The molecule has 0 atom stereocenters. The molecular weight excluding hydrogens is 252 g/mol. The topological polar surface area (TPSA) is 47.5 Å². The third-order valence-corrected chi connectivity index (χ3v) is 3.68. The molecule has 0 radical (unpaired) electrons. The van der Waals surface area contributed by atoms with Crippen LogP contribution in [0.25, 0.3) is 0 Å². The first-order valence-electron chi connectivity index (χ1n) is 7.25. The monoisotopic (exact) mass is 278 g/mol. The summed E-state index contributed by atoms with van der Waals surface area (Å²) in [6.07, 6.45) is 3.66. The molecule has 20 heavy (non-hydrogen) atoms. The van der Waals surface area contributed by atoms with Gasteiger partial charge in [-0.15, -0.1) is 0 Å². The molecule has 0 spiro atoms. The van der Waals surface area contributed by atoms with E-state index in [2.05, 4.69) is 44.1 Å². The maximum Gasteiger partial charge on any atom is 0.144 e. The van der Waals surface area contributed by atoms with Crippen molar-refractivity contribution in [2.75, 3.05) is 65.7 Å². The fourth-order valence-electron chi connectivity index (χ4n) is 2.31. The van der Waals surface area contributed by atoms with Gasteiger partial charge in [0.05, 0.1) is 18.1 Å². The molecule has 1 fully saturated rings.